The van der Waals surface area contributed by atoms with E-state index in [4.69, 9.17) is 16.3 Å². The Morgan fingerprint density at radius 2 is 2.00 bits per heavy atom. The number of fused-ring (bicyclic) bond motifs is 1. The Bertz CT molecular complexity index is 757. The Morgan fingerprint density at radius 1 is 1.21 bits per heavy atom. The summed E-state index contributed by atoms with van der Waals surface area (Å²) in [6, 6.07) is 11.9. The Hall–Kier alpha value is -2.00. The third kappa shape index (κ3) is 3.90. The van der Waals surface area contributed by atoms with Gasteiger partial charge in [-0.05, 0) is 73.6 Å². The van der Waals surface area contributed by atoms with Gasteiger partial charge >= 0.3 is 0 Å². The summed E-state index contributed by atoms with van der Waals surface area (Å²) in [6.45, 7) is 3.91. The van der Waals surface area contributed by atoms with Crippen LogP contribution in [0.4, 0.5) is 0 Å². The van der Waals surface area contributed by atoms with Crippen LogP contribution < -0.4 is 10.1 Å². The molecular formula is C20H22ClNO2. The number of ether oxygens (including phenoxy) is 1. The van der Waals surface area contributed by atoms with Crippen LogP contribution in [0.25, 0.3) is 0 Å². The van der Waals surface area contributed by atoms with Crippen molar-refractivity contribution in [1.29, 1.82) is 0 Å². The van der Waals surface area contributed by atoms with Crippen molar-refractivity contribution in [2.75, 3.05) is 6.61 Å². The molecule has 0 spiro atoms. The molecule has 0 bridgehead atoms. The number of benzene rings is 2. The molecule has 0 aromatic heterocycles. The topological polar surface area (TPSA) is 38.3 Å². The van der Waals surface area contributed by atoms with Crippen molar-refractivity contribution in [3.63, 3.8) is 0 Å². The number of nitrogens with one attached hydrogen (secondary N) is 1. The first kappa shape index (κ1) is 16.8. The van der Waals surface area contributed by atoms with Crippen molar-refractivity contribution < 1.29 is 9.53 Å². The quantitative estimate of drug-likeness (QED) is 0.874. The van der Waals surface area contributed by atoms with Gasteiger partial charge in [0.05, 0.1) is 6.04 Å². The molecular weight excluding hydrogens is 322 g/mol. The normalized spacial score (nSPS) is 14.1. The fourth-order valence-corrected chi connectivity index (χ4v) is 3.20. The van der Waals surface area contributed by atoms with E-state index in [1.807, 2.05) is 19.9 Å². The van der Waals surface area contributed by atoms with Crippen LogP contribution in [0.15, 0.2) is 36.4 Å². The maximum Gasteiger partial charge on any atom is 0.258 e. The Balaban J connectivity index is 1.55. The Morgan fingerprint density at radius 3 is 2.79 bits per heavy atom. The zero-order valence-corrected chi connectivity index (χ0v) is 14.8. The molecule has 0 fully saturated rings. The van der Waals surface area contributed by atoms with Gasteiger partial charge in [0.1, 0.15) is 5.75 Å². The third-order valence-electron chi connectivity index (χ3n) is 4.50. The smallest absolute Gasteiger partial charge is 0.258 e. The number of rotatable bonds is 5. The van der Waals surface area contributed by atoms with Crippen LogP contribution in [0, 0.1) is 6.92 Å². The highest BCUT2D eigenvalue weighted by atomic mass is 35.5. The van der Waals surface area contributed by atoms with Crippen LogP contribution >= 0.6 is 11.6 Å². The molecule has 2 aromatic carbocycles. The molecule has 1 atom stereocenters. The molecule has 0 heterocycles. The number of carbonyl (C=O) groups excluding carboxylic acids is 1. The van der Waals surface area contributed by atoms with Crippen LogP contribution in [0.3, 0.4) is 0 Å². The number of hydrogen-bond acceptors (Lipinski definition) is 2. The van der Waals surface area contributed by atoms with E-state index < -0.39 is 0 Å². The van der Waals surface area contributed by atoms with Gasteiger partial charge in [-0.2, -0.15) is 0 Å². The van der Waals surface area contributed by atoms with Gasteiger partial charge < -0.3 is 10.1 Å². The van der Waals surface area contributed by atoms with Gasteiger partial charge in [0.15, 0.2) is 6.61 Å². The molecule has 1 amide bonds. The zero-order valence-electron chi connectivity index (χ0n) is 14.1. The van der Waals surface area contributed by atoms with Gasteiger partial charge in [-0.3, -0.25) is 4.79 Å². The second kappa shape index (κ2) is 7.27. The van der Waals surface area contributed by atoms with Crippen molar-refractivity contribution in [3.05, 3.63) is 63.7 Å². The lowest BCUT2D eigenvalue weighted by Crippen LogP contribution is -2.31. The lowest BCUT2D eigenvalue weighted by Gasteiger charge is -2.16. The van der Waals surface area contributed by atoms with Crippen LogP contribution in [0.5, 0.6) is 5.75 Å². The highest BCUT2D eigenvalue weighted by molar-refractivity contribution is 6.31. The maximum atomic E-state index is 12.1. The number of aryl methyl sites for hydroxylation is 3. The van der Waals surface area contributed by atoms with Gasteiger partial charge in [0.25, 0.3) is 5.91 Å². The summed E-state index contributed by atoms with van der Waals surface area (Å²) in [5.41, 5.74) is 4.94. The third-order valence-corrected chi connectivity index (χ3v) is 4.92. The molecule has 4 heteroatoms. The summed E-state index contributed by atoms with van der Waals surface area (Å²) in [7, 11) is 0. The van der Waals surface area contributed by atoms with E-state index in [2.05, 4.69) is 23.5 Å². The largest absolute Gasteiger partial charge is 0.484 e. The fraction of sp³-hybridized carbons (Fsp3) is 0.350. The molecule has 0 saturated carbocycles. The van der Waals surface area contributed by atoms with E-state index in [9.17, 15) is 4.79 Å². The predicted molar refractivity (Wildman–Crippen MR) is 96.7 cm³/mol. The van der Waals surface area contributed by atoms with Crippen molar-refractivity contribution in [1.82, 2.24) is 5.32 Å². The average molecular weight is 344 g/mol. The van der Waals surface area contributed by atoms with Crippen molar-refractivity contribution in [3.8, 4) is 5.75 Å². The van der Waals surface area contributed by atoms with Gasteiger partial charge in [-0.25, -0.2) is 0 Å². The fourth-order valence-electron chi connectivity index (χ4n) is 3.08. The van der Waals surface area contributed by atoms with Crippen molar-refractivity contribution >= 4 is 17.5 Å². The molecule has 1 N–H and O–H groups in total. The number of hydrogen-bond donors (Lipinski definition) is 1. The Kier molecular flexibility index (Phi) is 5.10. The van der Waals surface area contributed by atoms with Crippen LogP contribution in [0.1, 0.15) is 41.6 Å². The molecule has 3 nitrogen and oxygen atoms in total. The predicted octanol–water partition coefficient (Wildman–Crippen LogP) is 4.39. The van der Waals surface area contributed by atoms with E-state index >= 15 is 0 Å². The highest BCUT2D eigenvalue weighted by Crippen LogP contribution is 2.25. The average Bonchev–Trinajstić information content (AvgIpc) is 3.03. The minimum atomic E-state index is -0.129. The van der Waals surface area contributed by atoms with Crippen LogP contribution in [-0.2, 0) is 17.6 Å². The minimum absolute atomic E-state index is 0.00362. The molecule has 2 aromatic rings. The lowest BCUT2D eigenvalue weighted by atomic mass is 10.0. The molecule has 0 saturated heterocycles. The first-order valence-corrected chi connectivity index (χ1v) is 8.71. The van der Waals surface area contributed by atoms with Crippen molar-refractivity contribution in [2.24, 2.45) is 0 Å². The van der Waals surface area contributed by atoms with E-state index in [0.717, 1.165) is 17.5 Å². The molecule has 0 radical (unpaired) electrons. The van der Waals surface area contributed by atoms with Crippen LogP contribution in [-0.4, -0.2) is 12.5 Å². The second-order valence-corrected chi connectivity index (χ2v) is 6.78. The summed E-state index contributed by atoms with van der Waals surface area (Å²) in [5.74, 6) is 0.521. The summed E-state index contributed by atoms with van der Waals surface area (Å²) in [6.07, 6.45) is 3.54. The SMILES string of the molecule is Cc1cc(OCC(=O)N[C@H](C)c2ccc3c(c2)CCC3)ccc1Cl. The monoisotopic (exact) mass is 343 g/mol. The van der Waals surface area contributed by atoms with E-state index in [0.29, 0.717) is 10.8 Å². The Labute approximate surface area is 148 Å². The summed E-state index contributed by atoms with van der Waals surface area (Å²) >= 11 is 5.99. The first-order valence-electron chi connectivity index (χ1n) is 8.33. The lowest BCUT2D eigenvalue weighted by molar-refractivity contribution is -0.123. The summed E-state index contributed by atoms with van der Waals surface area (Å²) in [5, 5.41) is 3.69. The van der Waals surface area contributed by atoms with E-state index in [-0.39, 0.29) is 18.6 Å². The van der Waals surface area contributed by atoms with Crippen molar-refractivity contribution in [2.45, 2.75) is 39.2 Å². The zero-order chi connectivity index (χ0) is 17.1. The van der Waals surface area contributed by atoms with Gasteiger partial charge in [-0.1, -0.05) is 29.8 Å². The van der Waals surface area contributed by atoms with E-state index in [1.54, 1.807) is 12.1 Å². The number of amides is 1. The maximum absolute atomic E-state index is 12.1. The minimum Gasteiger partial charge on any atom is -0.484 e. The highest BCUT2D eigenvalue weighted by Gasteiger charge is 2.15. The molecule has 3 rings (SSSR count). The molecule has 126 valence electrons. The molecule has 24 heavy (non-hydrogen) atoms. The summed E-state index contributed by atoms with van der Waals surface area (Å²) in [4.78, 5) is 12.1. The van der Waals surface area contributed by atoms with Crippen LogP contribution in [0.2, 0.25) is 5.02 Å². The second-order valence-electron chi connectivity index (χ2n) is 6.37. The first-order chi connectivity index (χ1) is 11.5. The molecule has 1 aliphatic carbocycles. The van der Waals surface area contributed by atoms with E-state index in [1.165, 1.54) is 24.0 Å². The van der Waals surface area contributed by atoms with Gasteiger partial charge in [0.2, 0.25) is 0 Å². The van der Waals surface area contributed by atoms with Gasteiger partial charge in [0, 0.05) is 5.02 Å². The standard InChI is InChI=1S/C20H22ClNO2/c1-13-10-18(8-9-19(13)21)24-12-20(23)22-14(2)16-7-6-15-4-3-5-17(15)11-16/h6-11,14H,3-5,12H2,1-2H3,(H,22,23)/t14-/m1/s1. The van der Waals surface area contributed by atoms with Gasteiger partial charge in [-0.15, -0.1) is 0 Å². The number of halogens is 1. The number of carbonyl (C=O) groups is 1. The molecule has 0 aliphatic heterocycles. The summed E-state index contributed by atoms with van der Waals surface area (Å²) < 4.78 is 5.54. The molecule has 1 aliphatic rings. The molecule has 0 unspecified atom stereocenters.